The van der Waals surface area contributed by atoms with Gasteiger partial charge in [-0.3, -0.25) is 0 Å². The van der Waals surface area contributed by atoms with Crippen LogP contribution in [-0.4, -0.2) is 30.2 Å². The minimum atomic E-state index is -0.510. The van der Waals surface area contributed by atoms with Gasteiger partial charge in [0.1, 0.15) is 11.4 Å². The van der Waals surface area contributed by atoms with Gasteiger partial charge in [0.2, 0.25) is 0 Å². The van der Waals surface area contributed by atoms with Crippen LogP contribution in [0.25, 0.3) is 0 Å². The lowest BCUT2D eigenvalue weighted by molar-refractivity contribution is 0.0284. The van der Waals surface area contributed by atoms with E-state index in [1.165, 1.54) is 4.90 Å². The molecule has 0 radical (unpaired) electrons. The fourth-order valence-electron chi connectivity index (χ4n) is 1.68. The predicted molar refractivity (Wildman–Crippen MR) is 79.7 cm³/mol. The number of amides is 1. The van der Waals surface area contributed by atoms with Crippen LogP contribution in [0.15, 0.2) is 18.2 Å². The number of nitrogen functional groups attached to an aromatic ring is 1. The van der Waals surface area contributed by atoms with E-state index in [-0.39, 0.29) is 6.09 Å². The summed E-state index contributed by atoms with van der Waals surface area (Å²) in [6.07, 6.45) is -0.373. The summed E-state index contributed by atoms with van der Waals surface area (Å²) < 4.78 is 10.9. The van der Waals surface area contributed by atoms with E-state index in [4.69, 9.17) is 15.2 Å². The normalized spacial score (nSPS) is 11.1. The van der Waals surface area contributed by atoms with Gasteiger partial charge in [-0.05, 0) is 45.9 Å². The second-order valence-corrected chi connectivity index (χ2v) is 5.64. The minimum absolute atomic E-state index is 0.373. The van der Waals surface area contributed by atoms with Gasteiger partial charge in [-0.1, -0.05) is 0 Å². The van der Waals surface area contributed by atoms with E-state index in [0.29, 0.717) is 18.8 Å². The van der Waals surface area contributed by atoms with Crippen molar-refractivity contribution in [3.8, 4) is 5.75 Å². The molecule has 0 heterocycles. The number of nitrogens with zero attached hydrogens (tertiary/aromatic N) is 1. The van der Waals surface area contributed by atoms with Gasteiger partial charge in [0.05, 0.1) is 13.2 Å². The fourth-order valence-corrected chi connectivity index (χ4v) is 1.68. The lowest BCUT2D eigenvalue weighted by Gasteiger charge is -2.25. The highest BCUT2D eigenvalue weighted by Crippen LogP contribution is 2.23. The average molecular weight is 280 g/mol. The Morgan fingerprint density at radius 3 is 2.55 bits per heavy atom. The molecule has 1 rings (SSSR count). The van der Waals surface area contributed by atoms with Crippen LogP contribution in [0, 0.1) is 0 Å². The van der Waals surface area contributed by atoms with Gasteiger partial charge >= 0.3 is 6.09 Å². The molecule has 0 saturated heterocycles. The fraction of sp³-hybridized carbons (Fsp3) is 0.533. The van der Waals surface area contributed by atoms with E-state index in [1.807, 2.05) is 39.8 Å². The number of carbonyl (C=O) groups is 1. The maximum Gasteiger partial charge on any atom is 0.410 e. The van der Waals surface area contributed by atoms with Gasteiger partial charge in [-0.15, -0.1) is 0 Å². The molecule has 0 fully saturated rings. The van der Waals surface area contributed by atoms with Crippen molar-refractivity contribution in [3.05, 3.63) is 23.8 Å². The van der Waals surface area contributed by atoms with Crippen molar-refractivity contribution in [2.75, 3.05) is 19.4 Å². The molecular formula is C15H24N2O3. The lowest BCUT2D eigenvalue weighted by Crippen LogP contribution is -2.33. The number of hydrogen-bond acceptors (Lipinski definition) is 4. The molecule has 0 atom stereocenters. The van der Waals surface area contributed by atoms with Gasteiger partial charge in [0.25, 0.3) is 0 Å². The van der Waals surface area contributed by atoms with E-state index >= 15 is 0 Å². The maximum absolute atomic E-state index is 11.9. The van der Waals surface area contributed by atoms with Crippen LogP contribution in [0.4, 0.5) is 10.5 Å². The Hall–Kier alpha value is -1.91. The first-order chi connectivity index (χ1) is 9.23. The maximum atomic E-state index is 11.9. The molecule has 1 aromatic carbocycles. The molecule has 0 spiro atoms. The molecule has 2 N–H and O–H groups in total. The van der Waals surface area contributed by atoms with E-state index in [2.05, 4.69) is 0 Å². The Morgan fingerprint density at radius 1 is 1.35 bits per heavy atom. The first-order valence-corrected chi connectivity index (χ1v) is 6.68. The third kappa shape index (κ3) is 4.99. The summed E-state index contributed by atoms with van der Waals surface area (Å²) in [5.74, 6) is 0.733. The Morgan fingerprint density at radius 2 is 2.00 bits per heavy atom. The third-order valence-corrected chi connectivity index (χ3v) is 2.50. The lowest BCUT2D eigenvalue weighted by atomic mass is 10.1. The smallest absolute Gasteiger partial charge is 0.410 e. The van der Waals surface area contributed by atoms with Crippen LogP contribution in [0.5, 0.6) is 5.75 Å². The van der Waals surface area contributed by atoms with Crippen LogP contribution in [0.1, 0.15) is 33.3 Å². The van der Waals surface area contributed by atoms with Gasteiger partial charge < -0.3 is 20.1 Å². The Bertz CT molecular complexity index is 467. The molecule has 0 bridgehead atoms. The molecular weight excluding hydrogens is 256 g/mol. The summed E-state index contributed by atoms with van der Waals surface area (Å²) in [7, 11) is 1.69. The van der Waals surface area contributed by atoms with Crippen molar-refractivity contribution >= 4 is 11.8 Å². The Balaban J connectivity index is 2.81. The topological polar surface area (TPSA) is 64.8 Å². The zero-order valence-corrected chi connectivity index (χ0v) is 12.9. The van der Waals surface area contributed by atoms with Crippen molar-refractivity contribution in [3.63, 3.8) is 0 Å². The van der Waals surface area contributed by atoms with Crippen molar-refractivity contribution in [2.24, 2.45) is 0 Å². The number of carbonyl (C=O) groups excluding carboxylic acids is 1. The predicted octanol–water partition coefficient (Wildman–Crippen LogP) is 3.03. The largest absolute Gasteiger partial charge is 0.494 e. The summed E-state index contributed by atoms with van der Waals surface area (Å²) in [4.78, 5) is 13.5. The van der Waals surface area contributed by atoms with Crippen molar-refractivity contribution in [2.45, 2.75) is 39.8 Å². The van der Waals surface area contributed by atoms with Crippen LogP contribution in [0.2, 0.25) is 0 Å². The Labute approximate surface area is 120 Å². The number of ether oxygens (including phenoxy) is 2. The first-order valence-electron chi connectivity index (χ1n) is 6.68. The molecule has 112 valence electrons. The van der Waals surface area contributed by atoms with E-state index < -0.39 is 5.60 Å². The molecule has 20 heavy (non-hydrogen) atoms. The Kier molecular flexibility index (Phi) is 5.25. The number of anilines is 1. The van der Waals surface area contributed by atoms with Crippen LogP contribution in [-0.2, 0) is 11.3 Å². The highest BCUT2D eigenvalue weighted by atomic mass is 16.6. The number of rotatable bonds is 4. The van der Waals surface area contributed by atoms with Crippen LogP contribution >= 0.6 is 0 Å². The molecule has 5 heteroatoms. The summed E-state index contributed by atoms with van der Waals surface area (Å²) in [5.41, 5.74) is 6.78. The molecule has 0 saturated carbocycles. The first kappa shape index (κ1) is 16.1. The van der Waals surface area contributed by atoms with Gasteiger partial charge in [0, 0.05) is 18.3 Å². The second-order valence-electron chi connectivity index (χ2n) is 5.64. The molecule has 0 aliphatic rings. The standard InChI is InChI=1S/C15H24N2O3/c1-6-19-13-8-7-12(16)9-11(13)10-17(5)14(18)20-15(2,3)4/h7-9H,6,10,16H2,1-5H3. The molecule has 0 unspecified atom stereocenters. The van der Waals surface area contributed by atoms with Gasteiger partial charge in [-0.2, -0.15) is 0 Å². The van der Waals surface area contributed by atoms with Crippen molar-refractivity contribution in [1.82, 2.24) is 4.90 Å². The quantitative estimate of drug-likeness (QED) is 0.861. The highest BCUT2D eigenvalue weighted by molar-refractivity contribution is 5.68. The number of nitrogens with two attached hydrogens (primary N) is 1. The zero-order valence-electron chi connectivity index (χ0n) is 12.9. The third-order valence-electron chi connectivity index (χ3n) is 2.50. The van der Waals surface area contributed by atoms with Crippen molar-refractivity contribution < 1.29 is 14.3 Å². The molecule has 1 aromatic rings. The summed E-state index contributed by atoms with van der Waals surface area (Å²) in [6, 6.07) is 5.41. The number of hydrogen-bond donors (Lipinski definition) is 1. The second kappa shape index (κ2) is 6.50. The molecule has 0 aromatic heterocycles. The van der Waals surface area contributed by atoms with Gasteiger partial charge in [-0.25, -0.2) is 4.79 Å². The average Bonchev–Trinajstić information content (AvgIpc) is 2.30. The van der Waals surface area contributed by atoms with E-state index in [9.17, 15) is 4.79 Å². The van der Waals surface area contributed by atoms with E-state index in [0.717, 1.165) is 11.3 Å². The SMILES string of the molecule is CCOc1ccc(N)cc1CN(C)C(=O)OC(C)(C)C. The molecule has 5 nitrogen and oxygen atoms in total. The number of benzene rings is 1. The summed E-state index contributed by atoms with van der Waals surface area (Å²) in [6.45, 7) is 8.38. The minimum Gasteiger partial charge on any atom is -0.494 e. The van der Waals surface area contributed by atoms with Crippen LogP contribution in [0.3, 0.4) is 0 Å². The van der Waals surface area contributed by atoms with E-state index in [1.54, 1.807) is 13.1 Å². The van der Waals surface area contributed by atoms with Crippen molar-refractivity contribution in [1.29, 1.82) is 0 Å². The zero-order chi connectivity index (χ0) is 15.3. The summed E-state index contributed by atoms with van der Waals surface area (Å²) >= 11 is 0. The van der Waals surface area contributed by atoms with Crippen LogP contribution < -0.4 is 10.5 Å². The monoisotopic (exact) mass is 280 g/mol. The summed E-state index contributed by atoms with van der Waals surface area (Å²) in [5, 5.41) is 0. The van der Waals surface area contributed by atoms with Gasteiger partial charge in [0.15, 0.2) is 0 Å². The highest BCUT2D eigenvalue weighted by Gasteiger charge is 2.20. The molecule has 0 aliphatic heterocycles. The molecule has 1 amide bonds. The molecule has 0 aliphatic carbocycles.